The molecule has 11 heteroatoms. The van der Waals surface area contributed by atoms with Gasteiger partial charge in [-0.2, -0.15) is 0 Å². The summed E-state index contributed by atoms with van der Waals surface area (Å²) in [6, 6.07) is 3.76. The van der Waals surface area contributed by atoms with Crippen LogP contribution in [0.2, 0.25) is 0 Å². The predicted molar refractivity (Wildman–Crippen MR) is 96.4 cm³/mol. The molecule has 2 fully saturated rings. The molecule has 2 aliphatic heterocycles. The van der Waals surface area contributed by atoms with E-state index in [-0.39, 0.29) is 23.3 Å². The maximum atomic E-state index is 12.4. The third kappa shape index (κ3) is 3.36. The first-order valence-corrected chi connectivity index (χ1v) is 10.5. The molecule has 0 bridgehead atoms. The minimum absolute atomic E-state index is 0.123. The fourth-order valence-corrected chi connectivity index (χ4v) is 6.59. The molecule has 2 aliphatic rings. The number of benzene rings is 1. The zero-order valence-corrected chi connectivity index (χ0v) is 16.3. The van der Waals surface area contributed by atoms with Crippen LogP contribution in [0.15, 0.2) is 24.3 Å². The van der Waals surface area contributed by atoms with Gasteiger partial charge in [-0.05, 0) is 0 Å². The molecular weight excluding hydrogens is 377 g/mol. The molecule has 148 valence electrons. The van der Waals surface area contributed by atoms with Crippen molar-refractivity contribution in [3.05, 3.63) is 34.4 Å². The summed E-state index contributed by atoms with van der Waals surface area (Å²) in [5.74, 6) is -1.30. The van der Waals surface area contributed by atoms with Gasteiger partial charge >= 0.3 is 155 Å². The van der Waals surface area contributed by atoms with Crippen LogP contribution in [-0.2, 0) is 18.6 Å². The number of nitrogens with zero attached hydrogens (tertiary/aromatic N) is 1. The molecule has 0 unspecified atom stereocenters. The average molecular weight is 399 g/mol. The summed E-state index contributed by atoms with van der Waals surface area (Å²) >= 11 is 0. The van der Waals surface area contributed by atoms with E-state index in [2.05, 4.69) is 10.2 Å². The summed E-state index contributed by atoms with van der Waals surface area (Å²) in [5, 5.41) is 16.8. The second-order valence-corrected chi connectivity index (χ2v) is 10.1. The van der Waals surface area contributed by atoms with Crippen molar-refractivity contribution in [3.63, 3.8) is 0 Å². The third-order valence-corrected chi connectivity index (χ3v) is 7.41. The molecule has 2 atom stereocenters. The molecule has 2 saturated heterocycles. The van der Waals surface area contributed by atoms with Gasteiger partial charge in [-0.3, -0.25) is 0 Å². The summed E-state index contributed by atoms with van der Waals surface area (Å²) in [5.41, 5.74) is -0.123. The van der Waals surface area contributed by atoms with Gasteiger partial charge < -0.3 is 0 Å². The SMILES string of the molecule is CC(C)[C@@H]1NP2(Oc3ccc([N+](=O)[O-])cc3)(N[C@@H](C(C)C)C(=O)O2)OC1=O. The summed E-state index contributed by atoms with van der Waals surface area (Å²) in [4.78, 5) is 35.2. The van der Waals surface area contributed by atoms with Crippen molar-refractivity contribution in [2.75, 3.05) is 0 Å². The van der Waals surface area contributed by atoms with Crippen LogP contribution in [0.4, 0.5) is 5.69 Å². The second kappa shape index (κ2) is 6.40. The van der Waals surface area contributed by atoms with Gasteiger partial charge in [0, 0.05) is 0 Å². The molecule has 0 aliphatic carbocycles. The molecule has 1 spiro atoms. The molecule has 1 aromatic rings. The van der Waals surface area contributed by atoms with E-state index in [1.807, 2.05) is 27.7 Å². The van der Waals surface area contributed by atoms with Crippen LogP contribution in [0.5, 0.6) is 5.75 Å². The maximum absolute atomic E-state index is 12.4. The topological polar surface area (TPSA) is 129 Å². The predicted octanol–water partition coefficient (Wildman–Crippen LogP) is 2.44. The van der Waals surface area contributed by atoms with Crippen LogP contribution < -0.4 is 14.7 Å². The van der Waals surface area contributed by atoms with Crippen LogP contribution in [0.1, 0.15) is 27.7 Å². The van der Waals surface area contributed by atoms with E-state index in [1.165, 1.54) is 24.3 Å². The summed E-state index contributed by atoms with van der Waals surface area (Å²) in [6.45, 7) is 7.28. The number of hydrogen-bond donors (Lipinski definition) is 2. The van der Waals surface area contributed by atoms with E-state index < -0.39 is 36.5 Å². The Kier molecular flexibility index (Phi) is 4.62. The van der Waals surface area contributed by atoms with Crippen molar-refractivity contribution < 1.29 is 28.1 Å². The van der Waals surface area contributed by atoms with Crippen LogP contribution in [0.25, 0.3) is 0 Å². The Bertz CT molecular complexity index is 760. The van der Waals surface area contributed by atoms with Gasteiger partial charge in [-0.25, -0.2) is 0 Å². The van der Waals surface area contributed by atoms with Crippen LogP contribution in [-0.4, -0.2) is 28.9 Å². The fourth-order valence-electron chi connectivity index (χ4n) is 2.94. The standard InChI is InChI=1S/C16H22N3O7P/c1-9(2)13-15(20)25-27(17-13,18-14(10(3)4)16(21)26-27)24-12-7-5-11(6-8-12)19(22)23/h5-10,13-14,17-18H,1-4H3/t13-,14-/m0/s1. The van der Waals surface area contributed by atoms with Crippen LogP contribution in [0.3, 0.4) is 0 Å². The minimum atomic E-state index is -4.55. The van der Waals surface area contributed by atoms with Crippen LogP contribution >= 0.6 is 7.59 Å². The Hall–Kier alpha value is -2.29. The first-order chi connectivity index (χ1) is 12.5. The summed E-state index contributed by atoms with van der Waals surface area (Å²) in [6.07, 6.45) is 0. The van der Waals surface area contributed by atoms with Gasteiger partial charge in [0.05, 0.1) is 0 Å². The van der Waals surface area contributed by atoms with E-state index >= 15 is 0 Å². The monoisotopic (exact) mass is 399 g/mol. The molecule has 2 heterocycles. The molecule has 0 radical (unpaired) electrons. The van der Waals surface area contributed by atoms with Crippen molar-refractivity contribution in [2.45, 2.75) is 39.8 Å². The molecule has 10 nitrogen and oxygen atoms in total. The van der Waals surface area contributed by atoms with E-state index in [0.717, 1.165) is 0 Å². The molecule has 2 N–H and O–H groups in total. The molecule has 27 heavy (non-hydrogen) atoms. The second-order valence-electron chi connectivity index (χ2n) is 7.25. The average Bonchev–Trinajstić information content (AvgIpc) is 3.02. The number of nitro groups is 1. The molecule has 1 aromatic carbocycles. The van der Waals surface area contributed by atoms with E-state index in [9.17, 15) is 19.7 Å². The number of nitrogens with one attached hydrogen (secondary N) is 2. The number of nitro benzene ring substituents is 1. The molecule has 0 amide bonds. The van der Waals surface area contributed by atoms with Gasteiger partial charge in [0.1, 0.15) is 0 Å². The number of non-ortho nitro benzene ring substituents is 1. The quantitative estimate of drug-likeness (QED) is 0.436. The Labute approximate surface area is 156 Å². The van der Waals surface area contributed by atoms with E-state index in [1.54, 1.807) is 0 Å². The van der Waals surface area contributed by atoms with Crippen LogP contribution in [0, 0.1) is 22.0 Å². The van der Waals surface area contributed by atoms with Gasteiger partial charge in [0.2, 0.25) is 0 Å². The Morgan fingerprint density at radius 3 is 1.78 bits per heavy atom. The van der Waals surface area contributed by atoms with Gasteiger partial charge in [0.25, 0.3) is 0 Å². The van der Waals surface area contributed by atoms with Gasteiger partial charge in [-0.1, -0.05) is 0 Å². The number of hydrogen-bond acceptors (Lipinski definition) is 9. The van der Waals surface area contributed by atoms with E-state index in [0.29, 0.717) is 0 Å². The molecule has 0 aromatic heterocycles. The summed E-state index contributed by atoms with van der Waals surface area (Å²) < 4.78 is 17.1. The van der Waals surface area contributed by atoms with E-state index in [4.69, 9.17) is 13.6 Å². The Balaban J connectivity index is 2.01. The first kappa shape index (κ1) is 19.5. The molecular formula is C16H22N3O7P. The Morgan fingerprint density at radius 2 is 1.44 bits per heavy atom. The number of carbonyl (C=O) groups excluding carboxylic acids is 2. The molecule has 3 rings (SSSR count). The fraction of sp³-hybridized carbons (Fsp3) is 0.500. The first-order valence-electron chi connectivity index (χ1n) is 8.56. The van der Waals surface area contributed by atoms with Crippen molar-refractivity contribution in [1.29, 1.82) is 0 Å². The van der Waals surface area contributed by atoms with Gasteiger partial charge in [-0.15, -0.1) is 0 Å². The van der Waals surface area contributed by atoms with Crippen molar-refractivity contribution in [3.8, 4) is 5.75 Å². The Morgan fingerprint density at radius 1 is 1.00 bits per heavy atom. The number of carbonyl (C=O) groups is 2. The third-order valence-electron chi connectivity index (χ3n) is 4.40. The number of rotatable bonds is 5. The summed E-state index contributed by atoms with van der Waals surface area (Å²) in [7, 11) is -4.55. The normalized spacial score (nSPS) is 27.3. The van der Waals surface area contributed by atoms with Crippen molar-refractivity contribution in [2.24, 2.45) is 11.8 Å². The zero-order chi connectivity index (χ0) is 20.0. The zero-order valence-electron chi connectivity index (χ0n) is 15.4. The molecule has 0 saturated carbocycles. The van der Waals surface area contributed by atoms with Crippen molar-refractivity contribution in [1.82, 2.24) is 10.2 Å². The van der Waals surface area contributed by atoms with Crippen molar-refractivity contribution >= 4 is 25.2 Å². The van der Waals surface area contributed by atoms with Gasteiger partial charge in [0.15, 0.2) is 0 Å².